The van der Waals surface area contributed by atoms with Crippen LogP contribution in [-0.4, -0.2) is 5.78 Å². The summed E-state index contributed by atoms with van der Waals surface area (Å²) in [5.41, 5.74) is 2.19. The molecule has 0 aliphatic carbocycles. The molecule has 94 valence electrons. The van der Waals surface area contributed by atoms with Gasteiger partial charge in [-0.15, -0.1) is 0 Å². The van der Waals surface area contributed by atoms with Gasteiger partial charge in [0.2, 0.25) is 0 Å². The average molecular weight is 232 g/mol. The fraction of sp³-hybridized carbons (Fsp3) is 0.562. The van der Waals surface area contributed by atoms with E-state index in [2.05, 4.69) is 19.9 Å². The van der Waals surface area contributed by atoms with Gasteiger partial charge in [-0.2, -0.15) is 0 Å². The van der Waals surface area contributed by atoms with Crippen molar-refractivity contribution in [3.63, 3.8) is 0 Å². The molecular formula is C16H24O. The van der Waals surface area contributed by atoms with Crippen LogP contribution in [-0.2, 0) is 6.42 Å². The molecule has 0 atom stereocenters. The minimum Gasteiger partial charge on any atom is -0.294 e. The molecule has 1 aromatic rings. The van der Waals surface area contributed by atoms with Gasteiger partial charge in [0.1, 0.15) is 0 Å². The van der Waals surface area contributed by atoms with Gasteiger partial charge in [-0.05, 0) is 24.8 Å². The van der Waals surface area contributed by atoms with Crippen molar-refractivity contribution in [1.82, 2.24) is 0 Å². The Morgan fingerprint density at radius 1 is 1.00 bits per heavy atom. The lowest BCUT2D eigenvalue weighted by atomic mass is 9.96. The Balaban J connectivity index is 2.64. The van der Waals surface area contributed by atoms with Gasteiger partial charge in [-0.25, -0.2) is 0 Å². The summed E-state index contributed by atoms with van der Waals surface area (Å²) in [6.45, 7) is 4.35. The van der Waals surface area contributed by atoms with E-state index in [1.54, 1.807) is 0 Å². The molecule has 1 nitrogen and oxygen atoms in total. The van der Waals surface area contributed by atoms with Crippen LogP contribution in [0, 0.1) is 0 Å². The Bertz CT molecular complexity index is 341. The van der Waals surface area contributed by atoms with Crippen LogP contribution in [0.1, 0.15) is 68.3 Å². The highest BCUT2D eigenvalue weighted by Gasteiger charge is 2.09. The minimum atomic E-state index is 0.324. The van der Waals surface area contributed by atoms with E-state index >= 15 is 0 Å². The third-order valence-corrected chi connectivity index (χ3v) is 3.12. The molecule has 1 heteroatoms. The van der Waals surface area contributed by atoms with Gasteiger partial charge in [0.05, 0.1) is 0 Å². The third-order valence-electron chi connectivity index (χ3n) is 3.12. The van der Waals surface area contributed by atoms with Gasteiger partial charge < -0.3 is 0 Å². The molecule has 0 aliphatic rings. The Kier molecular flexibility index (Phi) is 6.61. The SMILES string of the molecule is CCCCCC(=O)c1ccccc1CCCC. The van der Waals surface area contributed by atoms with Crippen LogP contribution in [0.25, 0.3) is 0 Å². The summed E-state index contributed by atoms with van der Waals surface area (Å²) in [5.74, 6) is 0.324. The highest BCUT2D eigenvalue weighted by molar-refractivity contribution is 5.97. The van der Waals surface area contributed by atoms with Gasteiger partial charge in [-0.1, -0.05) is 57.4 Å². The van der Waals surface area contributed by atoms with Gasteiger partial charge in [0, 0.05) is 12.0 Å². The molecular weight excluding hydrogens is 208 g/mol. The van der Waals surface area contributed by atoms with Crippen LogP contribution in [0.3, 0.4) is 0 Å². The van der Waals surface area contributed by atoms with Gasteiger partial charge >= 0.3 is 0 Å². The van der Waals surface area contributed by atoms with Crippen molar-refractivity contribution >= 4 is 5.78 Å². The summed E-state index contributed by atoms with van der Waals surface area (Å²) in [6, 6.07) is 8.10. The summed E-state index contributed by atoms with van der Waals surface area (Å²) in [5, 5.41) is 0. The first-order valence-corrected chi connectivity index (χ1v) is 6.90. The van der Waals surface area contributed by atoms with Crippen LogP contribution in [0.2, 0.25) is 0 Å². The molecule has 0 saturated carbocycles. The van der Waals surface area contributed by atoms with Gasteiger partial charge in [-0.3, -0.25) is 4.79 Å². The number of carbonyl (C=O) groups is 1. The van der Waals surface area contributed by atoms with Crippen molar-refractivity contribution in [2.24, 2.45) is 0 Å². The first-order chi connectivity index (χ1) is 8.29. The summed E-state index contributed by atoms with van der Waals surface area (Å²) in [4.78, 5) is 12.1. The molecule has 0 N–H and O–H groups in total. The predicted octanol–water partition coefficient (Wildman–Crippen LogP) is 4.79. The number of carbonyl (C=O) groups excluding carboxylic acids is 1. The van der Waals surface area contributed by atoms with Crippen molar-refractivity contribution in [2.45, 2.75) is 58.8 Å². The normalized spacial score (nSPS) is 10.5. The fourth-order valence-electron chi connectivity index (χ4n) is 2.05. The van der Waals surface area contributed by atoms with Crippen LogP contribution in [0.4, 0.5) is 0 Å². The third kappa shape index (κ3) is 4.72. The lowest BCUT2D eigenvalue weighted by Crippen LogP contribution is -2.03. The Morgan fingerprint density at radius 2 is 1.71 bits per heavy atom. The summed E-state index contributed by atoms with van der Waals surface area (Å²) >= 11 is 0. The van der Waals surface area contributed by atoms with Crippen molar-refractivity contribution in [3.8, 4) is 0 Å². The molecule has 0 unspecified atom stereocenters. The van der Waals surface area contributed by atoms with E-state index in [0.29, 0.717) is 12.2 Å². The molecule has 0 aliphatic heterocycles. The first kappa shape index (κ1) is 14.0. The second kappa shape index (κ2) is 8.05. The van der Waals surface area contributed by atoms with Crippen LogP contribution in [0.15, 0.2) is 24.3 Å². The highest BCUT2D eigenvalue weighted by atomic mass is 16.1. The number of ketones is 1. The molecule has 0 aromatic heterocycles. The van der Waals surface area contributed by atoms with E-state index in [1.807, 2.05) is 18.2 Å². The number of aryl methyl sites for hydroxylation is 1. The molecule has 1 aromatic carbocycles. The van der Waals surface area contributed by atoms with E-state index in [9.17, 15) is 4.79 Å². The molecule has 0 heterocycles. The number of unbranched alkanes of at least 4 members (excludes halogenated alkanes) is 3. The molecule has 1 rings (SSSR count). The van der Waals surface area contributed by atoms with Crippen LogP contribution < -0.4 is 0 Å². The number of hydrogen-bond donors (Lipinski definition) is 0. The quantitative estimate of drug-likeness (QED) is 0.465. The number of Topliss-reactive ketones (excluding diaryl/α,β-unsaturated/α-hetero) is 1. The zero-order chi connectivity index (χ0) is 12.5. The molecule has 17 heavy (non-hydrogen) atoms. The van der Waals surface area contributed by atoms with Crippen LogP contribution in [0.5, 0.6) is 0 Å². The number of benzene rings is 1. The van der Waals surface area contributed by atoms with E-state index in [1.165, 1.54) is 24.8 Å². The van der Waals surface area contributed by atoms with Crippen molar-refractivity contribution in [3.05, 3.63) is 35.4 Å². The molecule has 0 spiro atoms. The van der Waals surface area contributed by atoms with Crippen LogP contribution >= 0.6 is 0 Å². The lowest BCUT2D eigenvalue weighted by molar-refractivity contribution is 0.0978. The summed E-state index contributed by atoms with van der Waals surface area (Å²) in [6.07, 6.45) is 7.44. The van der Waals surface area contributed by atoms with E-state index < -0.39 is 0 Å². The maximum atomic E-state index is 12.1. The van der Waals surface area contributed by atoms with E-state index in [-0.39, 0.29) is 0 Å². The topological polar surface area (TPSA) is 17.1 Å². The second-order valence-corrected chi connectivity index (χ2v) is 4.64. The monoisotopic (exact) mass is 232 g/mol. The Hall–Kier alpha value is -1.11. The first-order valence-electron chi connectivity index (χ1n) is 6.90. The average Bonchev–Trinajstić information content (AvgIpc) is 2.37. The standard InChI is InChI=1S/C16H24O/c1-3-5-7-13-16(17)15-12-9-8-11-14(15)10-6-4-2/h8-9,11-12H,3-7,10,13H2,1-2H3. The zero-order valence-electron chi connectivity index (χ0n) is 11.2. The molecule has 0 bridgehead atoms. The van der Waals surface area contributed by atoms with Crippen molar-refractivity contribution in [2.75, 3.05) is 0 Å². The second-order valence-electron chi connectivity index (χ2n) is 4.64. The molecule has 0 amide bonds. The Morgan fingerprint density at radius 3 is 2.41 bits per heavy atom. The van der Waals surface area contributed by atoms with Gasteiger partial charge in [0.15, 0.2) is 5.78 Å². The maximum absolute atomic E-state index is 12.1. The zero-order valence-corrected chi connectivity index (χ0v) is 11.2. The smallest absolute Gasteiger partial charge is 0.163 e. The molecule has 0 fully saturated rings. The van der Waals surface area contributed by atoms with Gasteiger partial charge in [0.25, 0.3) is 0 Å². The predicted molar refractivity (Wildman–Crippen MR) is 73.5 cm³/mol. The number of hydrogen-bond acceptors (Lipinski definition) is 1. The van der Waals surface area contributed by atoms with E-state index in [0.717, 1.165) is 24.8 Å². The summed E-state index contributed by atoms with van der Waals surface area (Å²) in [7, 11) is 0. The van der Waals surface area contributed by atoms with Crippen molar-refractivity contribution in [1.29, 1.82) is 0 Å². The van der Waals surface area contributed by atoms with E-state index in [4.69, 9.17) is 0 Å². The molecule has 0 saturated heterocycles. The fourth-order valence-corrected chi connectivity index (χ4v) is 2.05. The number of rotatable bonds is 8. The van der Waals surface area contributed by atoms with Crippen molar-refractivity contribution < 1.29 is 4.79 Å². The Labute approximate surface area is 105 Å². The minimum absolute atomic E-state index is 0.324. The molecule has 0 radical (unpaired) electrons. The summed E-state index contributed by atoms with van der Waals surface area (Å²) < 4.78 is 0. The largest absolute Gasteiger partial charge is 0.294 e. The lowest BCUT2D eigenvalue weighted by Gasteiger charge is -2.07. The maximum Gasteiger partial charge on any atom is 0.163 e. The highest BCUT2D eigenvalue weighted by Crippen LogP contribution is 2.15.